The molecule has 0 aromatic heterocycles. The predicted molar refractivity (Wildman–Crippen MR) is 72.6 cm³/mol. The van der Waals surface area contributed by atoms with E-state index in [0.717, 1.165) is 5.56 Å². The molecule has 0 heterocycles. The van der Waals surface area contributed by atoms with Gasteiger partial charge < -0.3 is 0 Å². The topological polar surface area (TPSA) is 60.2 Å². The molecule has 0 aliphatic rings. The van der Waals surface area contributed by atoms with Crippen LogP contribution < -0.4 is 0 Å². The van der Waals surface area contributed by atoms with Crippen LogP contribution in [-0.4, -0.2) is 10.7 Å². The van der Waals surface area contributed by atoms with Crippen LogP contribution in [0, 0.1) is 10.1 Å². The van der Waals surface area contributed by atoms with Crippen LogP contribution in [0.25, 0.3) is 0 Å². The summed E-state index contributed by atoms with van der Waals surface area (Å²) in [4.78, 5) is 22.0. The number of Topliss-reactive ketones (excluding diaryl/α,β-unsaturated/α-hetero) is 1. The molecule has 0 bridgehead atoms. The maximum atomic E-state index is 12.0. The summed E-state index contributed by atoms with van der Waals surface area (Å²) in [7, 11) is 0. The zero-order valence-corrected chi connectivity index (χ0v) is 10.6. The second-order valence-corrected chi connectivity index (χ2v) is 4.47. The van der Waals surface area contributed by atoms with Crippen LogP contribution in [-0.2, 0) is 6.42 Å². The van der Waals surface area contributed by atoms with Crippen molar-refractivity contribution in [2.24, 2.45) is 0 Å². The molecule has 2 aromatic rings. The number of hydrogen-bond donors (Lipinski definition) is 0. The van der Waals surface area contributed by atoms with Crippen LogP contribution in [0.15, 0.2) is 48.5 Å². The first-order chi connectivity index (χ1) is 9.06. The molecule has 0 saturated carbocycles. The van der Waals surface area contributed by atoms with E-state index in [1.807, 2.05) is 0 Å². The van der Waals surface area contributed by atoms with Gasteiger partial charge in [-0.2, -0.15) is 0 Å². The largest absolute Gasteiger partial charge is 0.294 e. The van der Waals surface area contributed by atoms with Gasteiger partial charge in [-0.05, 0) is 29.8 Å². The fourth-order valence-corrected chi connectivity index (χ4v) is 1.78. The Hall–Kier alpha value is -2.20. The number of halogens is 1. The number of benzene rings is 2. The van der Waals surface area contributed by atoms with Crippen LogP contribution in [0.1, 0.15) is 15.9 Å². The molecule has 0 unspecified atom stereocenters. The summed E-state index contributed by atoms with van der Waals surface area (Å²) in [5.74, 6) is -0.0504. The predicted octanol–water partition coefficient (Wildman–Crippen LogP) is 3.67. The van der Waals surface area contributed by atoms with Gasteiger partial charge in [-0.15, -0.1) is 0 Å². The Morgan fingerprint density at radius 2 is 1.63 bits per heavy atom. The molecule has 0 atom stereocenters. The monoisotopic (exact) mass is 275 g/mol. The minimum absolute atomic E-state index is 0.0164. The van der Waals surface area contributed by atoms with Crippen molar-refractivity contribution in [1.82, 2.24) is 0 Å². The number of nitro groups is 1. The maximum Gasteiger partial charge on any atom is 0.269 e. The zero-order valence-electron chi connectivity index (χ0n) is 9.88. The lowest BCUT2D eigenvalue weighted by Gasteiger charge is -2.01. The number of carbonyl (C=O) groups is 1. The Labute approximate surface area is 114 Å². The average Bonchev–Trinajstić information content (AvgIpc) is 2.40. The third-order valence-electron chi connectivity index (χ3n) is 2.68. The molecule has 5 heteroatoms. The molecule has 0 aliphatic heterocycles. The van der Waals surface area contributed by atoms with Crippen LogP contribution in [0.5, 0.6) is 0 Å². The molecule has 4 nitrogen and oxygen atoms in total. The molecule has 0 radical (unpaired) electrons. The van der Waals surface area contributed by atoms with Gasteiger partial charge in [0.1, 0.15) is 0 Å². The van der Waals surface area contributed by atoms with E-state index < -0.39 is 4.92 Å². The van der Waals surface area contributed by atoms with Gasteiger partial charge in [-0.1, -0.05) is 23.7 Å². The summed E-state index contributed by atoms with van der Waals surface area (Å²) in [5.41, 5.74) is 1.33. The molecule has 19 heavy (non-hydrogen) atoms. The normalized spacial score (nSPS) is 10.2. The van der Waals surface area contributed by atoms with E-state index in [9.17, 15) is 14.9 Å². The summed E-state index contributed by atoms with van der Waals surface area (Å²) < 4.78 is 0. The molecule has 2 rings (SSSR count). The third kappa shape index (κ3) is 3.39. The van der Waals surface area contributed by atoms with Gasteiger partial charge in [0.05, 0.1) is 4.92 Å². The molecular weight excluding hydrogens is 266 g/mol. The molecule has 0 amide bonds. The minimum Gasteiger partial charge on any atom is -0.294 e. The second-order valence-electron chi connectivity index (χ2n) is 4.03. The highest BCUT2D eigenvalue weighted by molar-refractivity contribution is 6.30. The Kier molecular flexibility index (Phi) is 3.92. The van der Waals surface area contributed by atoms with E-state index >= 15 is 0 Å². The van der Waals surface area contributed by atoms with Crippen molar-refractivity contribution >= 4 is 23.1 Å². The van der Waals surface area contributed by atoms with E-state index in [1.54, 1.807) is 36.4 Å². The van der Waals surface area contributed by atoms with Crippen LogP contribution >= 0.6 is 11.6 Å². The van der Waals surface area contributed by atoms with Gasteiger partial charge in [0.15, 0.2) is 5.78 Å². The number of rotatable bonds is 4. The van der Waals surface area contributed by atoms with Crippen molar-refractivity contribution in [2.45, 2.75) is 6.42 Å². The molecular formula is C14H10ClNO3. The number of hydrogen-bond acceptors (Lipinski definition) is 3. The standard InChI is InChI=1S/C14H10ClNO3/c15-12-5-3-11(4-6-12)14(17)9-10-1-7-13(8-2-10)16(18)19/h1-8H,9H2. The summed E-state index contributed by atoms with van der Waals surface area (Å²) in [6.07, 6.45) is 0.208. The first kappa shape index (κ1) is 13.2. The van der Waals surface area contributed by atoms with E-state index in [0.29, 0.717) is 10.6 Å². The highest BCUT2D eigenvalue weighted by Crippen LogP contribution is 2.15. The van der Waals surface area contributed by atoms with Crippen molar-refractivity contribution in [1.29, 1.82) is 0 Å². The smallest absolute Gasteiger partial charge is 0.269 e. The maximum absolute atomic E-state index is 12.0. The van der Waals surface area contributed by atoms with E-state index in [4.69, 9.17) is 11.6 Å². The van der Waals surface area contributed by atoms with Gasteiger partial charge in [0.25, 0.3) is 5.69 Å². The van der Waals surface area contributed by atoms with Crippen molar-refractivity contribution in [3.8, 4) is 0 Å². The number of nitrogens with zero attached hydrogens (tertiary/aromatic N) is 1. The first-order valence-electron chi connectivity index (χ1n) is 5.58. The highest BCUT2D eigenvalue weighted by Gasteiger charge is 2.09. The van der Waals surface area contributed by atoms with Crippen molar-refractivity contribution < 1.29 is 9.72 Å². The molecule has 2 aromatic carbocycles. The SMILES string of the molecule is O=C(Cc1ccc([N+](=O)[O-])cc1)c1ccc(Cl)cc1. The first-order valence-corrected chi connectivity index (χ1v) is 5.96. The number of ketones is 1. The molecule has 0 N–H and O–H groups in total. The van der Waals surface area contributed by atoms with Crippen molar-refractivity contribution in [2.75, 3.05) is 0 Å². The molecule has 96 valence electrons. The fourth-order valence-electron chi connectivity index (χ4n) is 1.66. The number of non-ortho nitro benzene ring substituents is 1. The van der Waals surface area contributed by atoms with Crippen molar-refractivity contribution in [3.05, 3.63) is 74.8 Å². The molecule has 0 fully saturated rings. The van der Waals surface area contributed by atoms with Crippen LogP contribution in [0.4, 0.5) is 5.69 Å². The Balaban J connectivity index is 2.10. The molecule has 0 aliphatic carbocycles. The van der Waals surface area contributed by atoms with Crippen LogP contribution in [0.2, 0.25) is 5.02 Å². The summed E-state index contributed by atoms with van der Waals surface area (Å²) in [6, 6.07) is 12.6. The lowest BCUT2D eigenvalue weighted by Crippen LogP contribution is -2.03. The van der Waals surface area contributed by atoms with E-state index in [2.05, 4.69) is 0 Å². The Morgan fingerprint density at radius 3 is 2.16 bits per heavy atom. The number of nitro benzene ring substituents is 1. The summed E-state index contributed by atoms with van der Waals surface area (Å²) >= 11 is 5.75. The molecule has 0 spiro atoms. The van der Waals surface area contributed by atoms with Crippen molar-refractivity contribution in [3.63, 3.8) is 0 Å². The van der Waals surface area contributed by atoms with Gasteiger partial charge in [0.2, 0.25) is 0 Å². The lowest BCUT2D eigenvalue weighted by molar-refractivity contribution is -0.384. The third-order valence-corrected chi connectivity index (χ3v) is 2.93. The summed E-state index contributed by atoms with van der Waals surface area (Å²) in [5, 5.41) is 11.1. The zero-order chi connectivity index (χ0) is 13.8. The lowest BCUT2D eigenvalue weighted by atomic mass is 10.0. The van der Waals surface area contributed by atoms with Crippen LogP contribution in [0.3, 0.4) is 0 Å². The van der Waals surface area contributed by atoms with Gasteiger partial charge in [-0.25, -0.2) is 0 Å². The Morgan fingerprint density at radius 1 is 1.05 bits per heavy atom. The average molecular weight is 276 g/mol. The minimum atomic E-state index is -0.467. The molecule has 0 saturated heterocycles. The quantitative estimate of drug-likeness (QED) is 0.486. The number of carbonyl (C=O) groups excluding carboxylic acids is 1. The van der Waals surface area contributed by atoms with E-state index in [-0.39, 0.29) is 17.9 Å². The fraction of sp³-hybridized carbons (Fsp3) is 0.0714. The second kappa shape index (κ2) is 5.63. The van der Waals surface area contributed by atoms with Gasteiger partial charge in [-0.3, -0.25) is 14.9 Å². The van der Waals surface area contributed by atoms with Gasteiger partial charge in [0, 0.05) is 29.1 Å². The van der Waals surface area contributed by atoms with Gasteiger partial charge >= 0.3 is 0 Å². The summed E-state index contributed by atoms with van der Waals surface area (Å²) in [6.45, 7) is 0. The Bertz CT molecular complexity index is 606. The highest BCUT2D eigenvalue weighted by atomic mass is 35.5. The van der Waals surface area contributed by atoms with E-state index in [1.165, 1.54) is 12.1 Å².